The van der Waals surface area contributed by atoms with E-state index < -0.39 is 36.8 Å². The third kappa shape index (κ3) is 1.78. The van der Waals surface area contributed by atoms with Gasteiger partial charge in [-0.2, -0.15) is 9.97 Å². The molecule has 1 fully saturated rings. The first-order valence-corrected chi connectivity index (χ1v) is 5.88. The molecule has 1 aliphatic rings. The van der Waals surface area contributed by atoms with E-state index in [1.807, 2.05) is 0 Å². The maximum atomic E-state index is 11.6. The molecule has 3 rings (SSSR count). The van der Waals surface area contributed by atoms with Gasteiger partial charge >= 0.3 is 5.69 Å². The Morgan fingerprint density at radius 3 is 2.70 bits per heavy atom. The molecule has 108 valence electrons. The van der Waals surface area contributed by atoms with Gasteiger partial charge in [0, 0.05) is 12.4 Å². The van der Waals surface area contributed by atoms with Crippen LogP contribution in [0.4, 0.5) is 5.95 Å². The first-order valence-electron chi connectivity index (χ1n) is 5.88. The molecule has 0 aromatic carbocycles. The lowest BCUT2D eigenvalue weighted by Crippen LogP contribution is -2.33. The minimum Gasteiger partial charge on any atom is -0.394 e. The predicted octanol–water partition coefficient (Wildman–Crippen LogP) is -2.92. The zero-order chi connectivity index (χ0) is 14.4. The first kappa shape index (κ1) is 13.0. The molecule has 3 heterocycles. The number of nitrogen functional groups attached to an aromatic ring is 1. The molecule has 0 radical (unpaired) electrons. The first-order chi connectivity index (χ1) is 9.52. The normalized spacial score (nSPS) is 30.1. The number of fused-ring (bicyclic) bond motifs is 1. The molecule has 2 aromatic heterocycles. The summed E-state index contributed by atoms with van der Waals surface area (Å²) in [5.41, 5.74) is 4.81. The van der Waals surface area contributed by atoms with Crippen molar-refractivity contribution in [1.29, 1.82) is 0 Å². The van der Waals surface area contributed by atoms with Gasteiger partial charge in [-0.3, -0.25) is 4.57 Å². The summed E-state index contributed by atoms with van der Waals surface area (Å²) in [5.74, 6) is -0.0842. The monoisotopic (exact) mass is 283 g/mol. The minimum absolute atomic E-state index is 0.123. The number of aliphatic hydroxyl groups excluding tert-OH is 3. The molecule has 10 heteroatoms. The summed E-state index contributed by atoms with van der Waals surface area (Å²) in [7, 11) is 0. The highest BCUT2D eigenvalue weighted by molar-refractivity contribution is 5.35. The number of ether oxygens (including phenoxy) is 1. The fourth-order valence-corrected chi connectivity index (χ4v) is 2.24. The average molecular weight is 283 g/mol. The van der Waals surface area contributed by atoms with Gasteiger partial charge in [-0.25, -0.2) is 9.20 Å². The highest BCUT2D eigenvalue weighted by Gasteiger charge is 2.43. The summed E-state index contributed by atoms with van der Waals surface area (Å²) in [6.07, 6.45) is -1.56. The maximum absolute atomic E-state index is 11.6. The second-order valence-electron chi connectivity index (χ2n) is 4.47. The largest absolute Gasteiger partial charge is 0.394 e. The Bertz CT molecular complexity index is 697. The quantitative estimate of drug-likeness (QED) is 0.458. The lowest BCUT2D eigenvalue weighted by Gasteiger charge is -2.16. The van der Waals surface area contributed by atoms with Crippen LogP contribution in [0.25, 0.3) is 5.78 Å². The SMILES string of the molecule is Nc1nc(=O)n2ccn([C@@H]3O[C@H](CO)[C@H](O)[C@H]3O)c2n1. The van der Waals surface area contributed by atoms with Crippen LogP contribution >= 0.6 is 0 Å². The van der Waals surface area contributed by atoms with Crippen molar-refractivity contribution in [2.75, 3.05) is 12.3 Å². The lowest BCUT2D eigenvalue weighted by molar-refractivity contribution is -0.0510. The van der Waals surface area contributed by atoms with E-state index in [1.54, 1.807) is 0 Å². The summed E-state index contributed by atoms with van der Waals surface area (Å²) < 4.78 is 7.84. The molecule has 0 unspecified atom stereocenters. The molecule has 20 heavy (non-hydrogen) atoms. The third-order valence-electron chi connectivity index (χ3n) is 3.24. The Balaban J connectivity index is 2.09. The molecule has 5 N–H and O–H groups in total. The van der Waals surface area contributed by atoms with Gasteiger partial charge in [-0.15, -0.1) is 0 Å². The number of hydrogen-bond donors (Lipinski definition) is 4. The van der Waals surface area contributed by atoms with Crippen LogP contribution < -0.4 is 11.4 Å². The van der Waals surface area contributed by atoms with Crippen LogP contribution in [-0.4, -0.2) is 59.2 Å². The second kappa shape index (κ2) is 4.52. The van der Waals surface area contributed by atoms with Gasteiger partial charge in [0.05, 0.1) is 6.61 Å². The van der Waals surface area contributed by atoms with Crippen LogP contribution in [0.15, 0.2) is 17.2 Å². The Labute approximate surface area is 111 Å². The van der Waals surface area contributed by atoms with Crippen molar-refractivity contribution in [2.24, 2.45) is 0 Å². The number of nitrogens with zero attached hydrogens (tertiary/aromatic N) is 4. The summed E-state index contributed by atoms with van der Waals surface area (Å²) in [4.78, 5) is 19.0. The molecule has 4 atom stereocenters. The van der Waals surface area contributed by atoms with Crippen molar-refractivity contribution in [3.63, 3.8) is 0 Å². The lowest BCUT2D eigenvalue weighted by atomic mass is 10.1. The Morgan fingerprint density at radius 1 is 1.30 bits per heavy atom. The van der Waals surface area contributed by atoms with Crippen molar-refractivity contribution >= 4 is 11.7 Å². The molecular formula is C10H13N5O5. The molecule has 0 spiro atoms. The summed E-state index contributed by atoms with van der Waals surface area (Å²) in [6.45, 7) is -0.439. The molecule has 1 saturated heterocycles. The zero-order valence-electron chi connectivity index (χ0n) is 10.2. The van der Waals surface area contributed by atoms with E-state index in [0.717, 1.165) is 4.40 Å². The standard InChI is InChI=1S/C10H13N5O5/c11-8-12-9-14(1-2-15(9)10(19)13-8)7-6(18)5(17)4(3-16)20-7/h1-2,4-7,16-18H,3H2,(H2,11,13,19)/t4-,5+,6-,7-/m1/s1. The van der Waals surface area contributed by atoms with E-state index in [9.17, 15) is 15.0 Å². The van der Waals surface area contributed by atoms with E-state index in [4.69, 9.17) is 15.6 Å². The van der Waals surface area contributed by atoms with Crippen LogP contribution in [0.1, 0.15) is 6.23 Å². The highest BCUT2D eigenvalue weighted by atomic mass is 16.6. The van der Waals surface area contributed by atoms with Crippen molar-refractivity contribution in [3.05, 3.63) is 22.9 Å². The van der Waals surface area contributed by atoms with Gasteiger partial charge < -0.3 is 25.8 Å². The zero-order valence-corrected chi connectivity index (χ0v) is 10.2. The summed E-state index contributed by atoms with van der Waals surface area (Å²) in [5, 5.41) is 28.8. The maximum Gasteiger partial charge on any atom is 0.357 e. The molecular weight excluding hydrogens is 270 g/mol. The molecule has 0 saturated carbocycles. The number of aliphatic hydroxyl groups is 3. The minimum atomic E-state index is -1.27. The van der Waals surface area contributed by atoms with Crippen LogP contribution in [-0.2, 0) is 4.74 Å². The van der Waals surface area contributed by atoms with E-state index in [2.05, 4.69) is 9.97 Å². The van der Waals surface area contributed by atoms with E-state index in [0.29, 0.717) is 0 Å². The fraction of sp³-hybridized carbons (Fsp3) is 0.500. The number of imidazole rings is 1. The van der Waals surface area contributed by atoms with Crippen molar-refractivity contribution in [3.8, 4) is 0 Å². The van der Waals surface area contributed by atoms with Crippen molar-refractivity contribution < 1.29 is 20.1 Å². The Kier molecular flexibility index (Phi) is 2.94. The van der Waals surface area contributed by atoms with Gasteiger partial charge in [0.1, 0.15) is 18.3 Å². The topological polar surface area (TPSA) is 148 Å². The molecule has 0 amide bonds. The Morgan fingerprint density at radius 2 is 2.05 bits per heavy atom. The van der Waals surface area contributed by atoms with Crippen LogP contribution in [0.5, 0.6) is 0 Å². The van der Waals surface area contributed by atoms with Crippen molar-refractivity contribution in [1.82, 2.24) is 18.9 Å². The van der Waals surface area contributed by atoms with Crippen LogP contribution in [0, 0.1) is 0 Å². The van der Waals surface area contributed by atoms with Gasteiger partial charge in [-0.05, 0) is 0 Å². The molecule has 0 aliphatic carbocycles. The van der Waals surface area contributed by atoms with E-state index in [1.165, 1.54) is 17.0 Å². The number of aromatic nitrogens is 4. The smallest absolute Gasteiger partial charge is 0.357 e. The van der Waals surface area contributed by atoms with Gasteiger partial charge in [0.15, 0.2) is 6.23 Å². The van der Waals surface area contributed by atoms with Crippen LogP contribution in [0.3, 0.4) is 0 Å². The summed E-state index contributed by atoms with van der Waals surface area (Å²) in [6, 6.07) is 0. The van der Waals surface area contributed by atoms with Gasteiger partial charge in [0.25, 0.3) is 0 Å². The molecule has 0 bridgehead atoms. The summed E-state index contributed by atoms with van der Waals surface area (Å²) >= 11 is 0. The fourth-order valence-electron chi connectivity index (χ4n) is 2.24. The van der Waals surface area contributed by atoms with E-state index >= 15 is 0 Å². The van der Waals surface area contributed by atoms with Gasteiger partial charge in [0.2, 0.25) is 11.7 Å². The molecule has 10 nitrogen and oxygen atoms in total. The third-order valence-corrected chi connectivity index (χ3v) is 3.24. The number of nitrogens with two attached hydrogens (primary N) is 1. The number of anilines is 1. The van der Waals surface area contributed by atoms with Crippen molar-refractivity contribution in [2.45, 2.75) is 24.5 Å². The predicted molar refractivity (Wildman–Crippen MR) is 64.7 cm³/mol. The van der Waals surface area contributed by atoms with Gasteiger partial charge in [-0.1, -0.05) is 0 Å². The highest BCUT2D eigenvalue weighted by Crippen LogP contribution is 2.30. The molecule has 2 aromatic rings. The Hall–Kier alpha value is -2.01. The number of hydrogen-bond acceptors (Lipinski definition) is 8. The van der Waals surface area contributed by atoms with Crippen LogP contribution in [0.2, 0.25) is 0 Å². The average Bonchev–Trinajstić information content (AvgIpc) is 2.93. The molecule has 1 aliphatic heterocycles. The number of rotatable bonds is 2. The second-order valence-corrected chi connectivity index (χ2v) is 4.47. The van der Waals surface area contributed by atoms with E-state index in [-0.39, 0.29) is 11.7 Å².